The average molecular weight is 561 g/mol. The molecule has 2 amide bonds. The predicted octanol–water partition coefficient (Wildman–Crippen LogP) is -1.56. The van der Waals surface area contributed by atoms with Crippen molar-refractivity contribution in [3.8, 4) is 0 Å². The summed E-state index contributed by atoms with van der Waals surface area (Å²) >= 11 is 1.15. The van der Waals surface area contributed by atoms with Crippen molar-refractivity contribution in [1.82, 2.24) is 10.2 Å². The second-order valence-electron chi connectivity index (χ2n) is 7.51. The Kier molecular flexibility index (Phi) is 12.3. The van der Waals surface area contributed by atoms with Crippen molar-refractivity contribution in [2.75, 3.05) is 12.4 Å². The molecule has 1 saturated heterocycles. The molecule has 16 heteroatoms. The number of carbonyl (C=O) groups excluding carboxylic acids is 4. The van der Waals surface area contributed by atoms with E-state index in [0.29, 0.717) is 0 Å². The second-order valence-corrected chi connectivity index (χ2v) is 10.0. The summed E-state index contributed by atoms with van der Waals surface area (Å²) in [6.07, 6.45) is -0.890. The quantitative estimate of drug-likeness (QED) is 0.104. The van der Waals surface area contributed by atoms with Gasteiger partial charge in [0.25, 0.3) is 16.0 Å². The van der Waals surface area contributed by atoms with Crippen molar-refractivity contribution in [3.63, 3.8) is 0 Å². The summed E-state index contributed by atoms with van der Waals surface area (Å²) in [7, 11) is -4.56. The van der Waals surface area contributed by atoms with Crippen molar-refractivity contribution in [1.29, 1.82) is 0 Å². The van der Waals surface area contributed by atoms with Crippen LogP contribution in [-0.2, 0) is 45.2 Å². The van der Waals surface area contributed by atoms with Gasteiger partial charge in [-0.15, -0.1) is 11.8 Å². The summed E-state index contributed by atoms with van der Waals surface area (Å²) in [5.74, 6) is -3.93. The van der Waals surface area contributed by atoms with E-state index in [9.17, 15) is 42.0 Å². The van der Waals surface area contributed by atoms with Crippen LogP contribution in [0.15, 0.2) is 40.4 Å². The summed E-state index contributed by atoms with van der Waals surface area (Å²) in [6.45, 7) is 0.805. The second kappa shape index (κ2) is 13.5. The van der Waals surface area contributed by atoms with Gasteiger partial charge < -0.3 is 15.2 Å². The molecule has 186 valence electrons. The van der Waals surface area contributed by atoms with Crippen LogP contribution in [0.2, 0.25) is 0 Å². The maximum absolute atomic E-state index is 12.7. The number of aliphatic carboxylic acids is 1. The van der Waals surface area contributed by atoms with Gasteiger partial charge in [-0.05, 0) is 18.6 Å². The number of thioether (sulfide) groups is 1. The summed E-state index contributed by atoms with van der Waals surface area (Å²) in [4.78, 5) is 60.1. The minimum atomic E-state index is -4.56. The molecule has 2 heterocycles. The van der Waals surface area contributed by atoms with E-state index in [1.807, 2.05) is 0 Å². The fraction of sp³-hybridized carbons (Fsp3) is 0.350. The molecule has 1 fully saturated rings. The Hall–Kier alpha value is -1.23. The monoisotopic (exact) mass is 560 g/mol. The van der Waals surface area contributed by atoms with E-state index in [1.165, 1.54) is 25.1 Å². The molecule has 0 unspecified atom stereocenters. The molecule has 0 radical (unpaired) electrons. The minimum absolute atomic E-state index is 0. The van der Waals surface area contributed by atoms with Crippen molar-refractivity contribution in [2.45, 2.75) is 36.1 Å². The molecule has 3 N–H and O–H groups in total. The van der Waals surface area contributed by atoms with Crippen molar-refractivity contribution in [3.05, 3.63) is 41.1 Å². The molecule has 0 aliphatic carbocycles. The average Bonchev–Trinajstić information content (AvgIpc) is 2.74. The SMILES string of the molecule is CC(=O)CC(=O)OCC1=C(C(=O)O)N2C(=O)[C@@H](NC(=O)Cc3ccccc3S(=O)(=O)O)[C@H]2SC1.[NaH].[NaH]. The molecule has 36 heavy (non-hydrogen) atoms. The number of benzene rings is 1. The number of ketones is 1. The Morgan fingerprint density at radius 1 is 1.19 bits per heavy atom. The van der Waals surface area contributed by atoms with Crippen LogP contribution in [-0.4, -0.2) is 135 Å². The Labute approximate surface area is 254 Å². The standard InChI is InChI=1S/C20H20N2O10S2.2Na.2H/c1-10(23)6-15(25)32-8-12-9-33-19-16(18(26)22(19)17(12)20(27)28)21-14(24)7-11-4-2-3-5-13(11)34(29,30)31;;;;/h2-5,16,19H,6-9H2,1H3,(H,21,24)(H,27,28)(H,29,30,31);;;;/t16-,19-;;;;/m1..../s1. The number of hydrogen-bond acceptors (Lipinski definition) is 9. The molecular weight excluding hydrogens is 538 g/mol. The van der Waals surface area contributed by atoms with Gasteiger partial charge in [-0.1, -0.05) is 18.2 Å². The summed E-state index contributed by atoms with van der Waals surface area (Å²) in [5.41, 5.74) is -0.152. The van der Waals surface area contributed by atoms with Gasteiger partial charge in [-0.2, -0.15) is 8.42 Å². The third-order valence-electron chi connectivity index (χ3n) is 4.97. The van der Waals surface area contributed by atoms with Crippen molar-refractivity contribution >= 4 is 111 Å². The molecule has 0 saturated carbocycles. The number of carboxylic acid groups (broad SMARTS) is 1. The zero-order valence-electron chi connectivity index (χ0n) is 17.7. The number of Topliss-reactive ketones (excluding diaryl/α,β-unsaturated/α-hetero) is 1. The van der Waals surface area contributed by atoms with Crippen LogP contribution in [0.25, 0.3) is 0 Å². The van der Waals surface area contributed by atoms with Crippen molar-refractivity contribution < 1.29 is 46.8 Å². The first kappa shape index (κ1) is 32.8. The Morgan fingerprint density at radius 2 is 1.83 bits per heavy atom. The number of fused-ring (bicyclic) bond motifs is 1. The molecule has 2 aliphatic heterocycles. The fourth-order valence-corrected chi connectivity index (χ4v) is 5.56. The van der Waals surface area contributed by atoms with Gasteiger partial charge in [-0.3, -0.25) is 28.6 Å². The third kappa shape index (κ3) is 7.65. The number of carboxylic acids is 1. The summed E-state index contributed by atoms with van der Waals surface area (Å²) in [5, 5.41) is 11.4. The Morgan fingerprint density at radius 3 is 2.42 bits per heavy atom. The first-order valence-corrected chi connectivity index (χ1v) is 12.3. The van der Waals surface area contributed by atoms with Gasteiger partial charge in [0.15, 0.2) is 0 Å². The zero-order valence-corrected chi connectivity index (χ0v) is 19.3. The molecule has 0 bridgehead atoms. The van der Waals surface area contributed by atoms with E-state index in [2.05, 4.69) is 5.32 Å². The van der Waals surface area contributed by atoms with E-state index >= 15 is 0 Å². The van der Waals surface area contributed by atoms with Crippen LogP contribution < -0.4 is 5.32 Å². The topological polar surface area (TPSA) is 184 Å². The van der Waals surface area contributed by atoms with Crippen LogP contribution in [0.1, 0.15) is 18.9 Å². The van der Waals surface area contributed by atoms with Gasteiger partial charge in [0.1, 0.15) is 35.9 Å². The van der Waals surface area contributed by atoms with E-state index in [-0.39, 0.29) is 81.7 Å². The van der Waals surface area contributed by atoms with Crippen LogP contribution >= 0.6 is 11.8 Å². The molecule has 1 aromatic rings. The molecule has 1 aromatic carbocycles. The van der Waals surface area contributed by atoms with Crippen LogP contribution in [0.3, 0.4) is 0 Å². The first-order chi connectivity index (χ1) is 15.9. The summed E-state index contributed by atoms with van der Waals surface area (Å²) in [6, 6.07) is 4.30. The predicted molar refractivity (Wildman–Crippen MR) is 130 cm³/mol. The number of nitrogens with zero attached hydrogens (tertiary/aromatic N) is 1. The number of carbonyl (C=O) groups is 5. The van der Waals surface area contributed by atoms with E-state index in [1.54, 1.807) is 0 Å². The molecule has 0 spiro atoms. The number of ether oxygens (including phenoxy) is 1. The zero-order chi connectivity index (χ0) is 25.2. The molecular formula is C20H22N2Na2O10S2. The van der Waals surface area contributed by atoms with Gasteiger partial charge in [0.2, 0.25) is 5.91 Å². The number of nitrogens with one attached hydrogen (secondary N) is 1. The van der Waals surface area contributed by atoms with E-state index < -0.39 is 75.4 Å². The molecule has 0 aromatic heterocycles. The van der Waals surface area contributed by atoms with Crippen LogP contribution in [0, 0.1) is 0 Å². The molecule has 2 atom stereocenters. The van der Waals surface area contributed by atoms with E-state index in [0.717, 1.165) is 22.7 Å². The number of esters is 1. The van der Waals surface area contributed by atoms with Crippen LogP contribution in [0.4, 0.5) is 0 Å². The third-order valence-corrected chi connectivity index (χ3v) is 7.26. The Bertz CT molecular complexity index is 1220. The number of rotatable bonds is 9. The number of hydrogen-bond donors (Lipinski definition) is 3. The van der Waals surface area contributed by atoms with Crippen molar-refractivity contribution in [2.24, 2.45) is 0 Å². The van der Waals surface area contributed by atoms with Gasteiger partial charge in [0, 0.05) is 11.3 Å². The summed E-state index contributed by atoms with van der Waals surface area (Å²) < 4.78 is 37.2. The molecule has 3 rings (SSSR count). The normalized spacial score (nSPS) is 18.6. The van der Waals surface area contributed by atoms with Crippen LogP contribution in [0.5, 0.6) is 0 Å². The van der Waals surface area contributed by atoms with Gasteiger partial charge in [0.05, 0.1) is 11.3 Å². The van der Waals surface area contributed by atoms with Gasteiger partial charge in [-0.25, -0.2) is 4.79 Å². The number of β-lactam (4-membered cyclic amide) rings is 1. The fourth-order valence-electron chi connectivity index (χ4n) is 3.52. The first-order valence-electron chi connectivity index (χ1n) is 9.80. The Balaban J connectivity index is 0.00000324. The van der Waals surface area contributed by atoms with Gasteiger partial charge >= 0.3 is 71.1 Å². The maximum atomic E-state index is 12.7. The van der Waals surface area contributed by atoms with E-state index in [4.69, 9.17) is 4.74 Å². The molecule has 2 aliphatic rings. The molecule has 12 nitrogen and oxygen atoms in total. The number of amides is 2.